The average molecular weight is 412 g/mol. The molecule has 2 N–H and O–H groups in total. The first-order chi connectivity index (χ1) is 13.8. The predicted molar refractivity (Wildman–Crippen MR) is 113 cm³/mol. The zero-order valence-electron chi connectivity index (χ0n) is 16.4. The summed E-state index contributed by atoms with van der Waals surface area (Å²) in [5.74, 6) is -1.34. The van der Waals surface area contributed by atoms with Crippen molar-refractivity contribution in [2.45, 2.75) is 26.8 Å². The average Bonchev–Trinajstić information content (AvgIpc) is 3.06. The number of aryl methyl sites for hydroxylation is 1. The number of thiazole rings is 1. The van der Waals surface area contributed by atoms with Crippen molar-refractivity contribution in [3.63, 3.8) is 0 Å². The van der Waals surface area contributed by atoms with Gasteiger partial charge in [0.05, 0.1) is 10.6 Å². The molecule has 2 aromatic carbocycles. The molecule has 7 heteroatoms. The van der Waals surface area contributed by atoms with Crippen molar-refractivity contribution in [3.8, 4) is 10.4 Å². The zero-order valence-corrected chi connectivity index (χ0v) is 17.2. The number of carbonyl (C=O) groups is 2. The molecule has 1 aromatic heterocycles. The van der Waals surface area contributed by atoms with E-state index >= 15 is 0 Å². The molecule has 3 aromatic rings. The number of anilines is 1. The standard InChI is InChI=1S/C22H22FN3O2S/c1-13(2)18(25-20(27)16-9-11-17(23)12-10-16)21(28)26-22-24-14(3)19(29-22)15-7-5-4-6-8-15/h4-13,18H,1-3H3,(H,25,27)(H,24,26,28). The smallest absolute Gasteiger partial charge is 0.251 e. The molecular weight excluding hydrogens is 389 g/mol. The van der Waals surface area contributed by atoms with Crippen molar-refractivity contribution in [1.82, 2.24) is 10.3 Å². The summed E-state index contributed by atoms with van der Waals surface area (Å²) >= 11 is 1.39. The number of hydrogen-bond acceptors (Lipinski definition) is 4. The Bertz CT molecular complexity index is 1000. The number of nitrogens with one attached hydrogen (secondary N) is 2. The van der Waals surface area contributed by atoms with Crippen molar-refractivity contribution in [3.05, 3.63) is 71.7 Å². The molecule has 1 atom stereocenters. The van der Waals surface area contributed by atoms with Crippen LogP contribution in [0.5, 0.6) is 0 Å². The molecule has 0 aliphatic heterocycles. The Morgan fingerprint density at radius 1 is 1.03 bits per heavy atom. The van der Waals surface area contributed by atoms with Crippen LogP contribution in [0.15, 0.2) is 54.6 Å². The molecule has 0 bridgehead atoms. The van der Waals surface area contributed by atoms with Crippen molar-refractivity contribution >= 4 is 28.3 Å². The highest BCUT2D eigenvalue weighted by Gasteiger charge is 2.26. The number of halogens is 1. The van der Waals surface area contributed by atoms with Gasteiger partial charge in [-0.05, 0) is 42.7 Å². The van der Waals surface area contributed by atoms with E-state index in [1.165, 1.54) is 35.6 Å². The van der Waals surface area contributed by atoms with Crippen molar-refractivity contribution < 1.29 is 14.0 Å². The predicted octanol–water partition coefficient (Wildman–Crippen LogP) is 4.65. The Kier molecular flexibility index (Phi) is 6.39. The van der Waals surface area contributed by atoms with Crippen LogP contribution < -0.4 is 10.6 Å². The normalized spacial score (nSPS) is 11.9. The van der Waals surface area contributed by atoms with Crippen LogP contribution in [0.3, 0.4) is 0 Å². The molecule has 0 aliphatic carbocycles. The Balaban J connectivity index is 1.73. The number of aromatic nitrogens is 1. The van der Waals surface area contributed by atoms with E-state index in [1.807, 2.05) is 51.1 Å². The lowest BCUT2D eigenvalue weighted by molar-refractivity contribution is -0.118. The summed E-state index contributed by atoms with van der Waals surface area (Å²) in [6, 6.07) is 14.3. The van der Waals surface area contributed by atoms with Crippen LogP contribution in [0, 0.1) is 18.7 Å². The lowest BCUT2D eigenvalue weighted by atomic mass is 10.0. The van der Waals surface area contributed by atoms with E-state index < -0.39 is 17.8 Å². The van der Waals surface area contributed by atoms with Gasteiger partial charge in [0.2, 0.25) is 5.91 Å². The number of nitrogens with zero attached hydrogens (tertiary/aromatic N) is 1. The van der Waals surface area contributed by atoms with Gasteiger partial charge in [-0.2, -0.15) is 0 Å². The van der Waals surface area contributed by atoms with E-state index in [4.69, 9.17) is 0 Å². The zero-order chi connectivity index (χ0) is 21.0. The van der Waals surface area contributed by atoms with Gasteiger partial charge in [0.15, 0.2) is 5.13 Å². The molecule has 2 amide bonds. The summed E-state index contributed by atoms with van der Waals surface area (Å²) in [5.41, 5.74) is 2.15. The molecule has 1 unspecified atom stereocenters. The number of amides is 2. The van der Waals surface area contributed by atoms with Crippen LogP contribution in [0.25, 0.3) is 10.4 Å². The Labute approximate surface area is 173 Å². The summed E-state index contributed by atoms with van der Waals surface area (Å²) in [6.45, 7) is 5.58. The second-order valence-electron chi connectivity index (χ2n) is 6.99. The van der Waals surface area contributed by atoms with Crippen LogP contribution in [-0.4, -0.2) is 22.8 Å². The minimum absolute atomic E-state index is 0.144. The summed E-state index contributed by atoms with van der Waals surface area (Å²) in [4.78, 5) is 30.7. The van der Waals surface area contributed by atoms with E-state index in [9.17, 15) is 14.0 Å². The van der Waals surface area contributed by atoms with Gasteiger partial charge in [-0.15, -0.1) is 0 Å². The van der Waals surface area contributed by atoms with Gasteiger partial charge < -0.3 is 10.6 Å². The van der Waals surface area contributed by atoms with Crippen molar-refractivity contribution in [2.75, 3.05) is 5.32 Å². The van der Waals surface area contributed by atoms with E-state index in [1.54, 1.807) is 0 Å². The van der Waals surface area contributed by atoms with E-state index in [2.05, 4.69) is 15.6 Å². The summed E-state index contributed by atoms with van der Waals surface area (Å²) in [7, 11) is 0. The van der Waals surface area contributed by atoms with Gasteiger partial charge >= 0.3 is 0 Å². The maximum absolute atomic E-state index is 13.1. The van der Waals surface area contributed by atoms with Crippen LogP contribution >= 0.6 is 11.3 Å². The maximum Gasteiger partial charge on any atom is 0.251 e. The van der Waals surface area contributed by atoms with E-state index in [0.29, 0.717) is 10.7 Å². The van der Waals surface area contributed by atoms with Gasteiger partial charge in [-0.25, -0.2) is 9.37 Å². The van der Waals surface area contributed by atoms with Crippen molar-refractivity contribution in [2.24, 2.45) is 5.92 Å². The molecule has 1 heterocycles. The quantitative estimate of drug-likeness (QED) is 0.620. The number of benzene rings is 2. The van der Waals surface area contributed by atoms with Crippen LogP contribution in [-0.2, 0) is 4.79 Å². The highest BCUT2D eigenvalue weighted by Crippen LogP contribution is 2.32. The highest BCUT2D eigenvalue weighted by molar-refractivity contribution is 7.19. The second kappa shape index (κ2) is 8.96. The molecule has 3 rings (SSSR count). The Hall–Kier alpha value is -3.06. The summed E-state index contributed by atoms with van der Waals surface area (Å²) in [5, 5.41) is 6.02. The lowest BCUT2D eigenvalue weighted by Gasteiger charge is -2.21. The largest absolute Gasteiger partial charge is 0.340 e. The molecule has 5 nitrogen and oxygen atoms in total. The van der Waals surface area contributed by atoms with E-state index in [-0.39, 0.29) is 11.8 Å². The minimum atomic E-state index is -0.753. The highest BCUT2D eigenvalue weighted by atomic mass is 32.1. The van der Waals surface area contributed by atoms with Crippen LogP contribution in [0.2, 0.25) is 0 Å². The fourth-order valence-electron chi connectivity index (χ4n) is 2.85. The van der Waals surface area contributed by atoms with Crippen LogP contribution in [0.4, 0.5) is 9.52 Å². The maximum atomic E-state index is 13.1. The molecule has 0 aliphatic rings. The summed E-state index contributed by atoms with van der Waals surface area (Å²) < 4.78 is 13.1. The second-order valence-corrected chi connectivity index (χ2v) is 7.99. The Morgan fingerprint density at radius 3 is 2.31 bits per heavy atom. The fraction of sp³-hybridized carbons (Fsp3) is 0.227. The molecule has 29 heavy (non-hydrogen) atoms. The van der Waals surface area contributed by atoms with Gasteiger partial charge in [-0.1, -0.05) is 55.5 Å². The van der Waals surface area contributed by atoms with Gasteiger partial charge in [0.1, 0.15) is 11.9 Å². The lowest BCUT2D eigenvalue weighted by Crippen LogP contribution is -2.47. The SMILES string of the molecule is Cc1nc(NC(=O)C(NC(=O)c2ccc(F)cc2)C(C)C)sc1-c1ccccc1. The monoisotopic (exact) mass is 411 g/mol. The number of rotatable bonds is 6. The van der Waals surface area contributed by atoms with Crippen molar-refractivity contribution in [1.29, 1.82) is 0 Å². The van der Waals surface area contributed by atoms with Gasteiger partial charge in [0, 0.05) is 5.56 Å². The topological polar surface area (TPSA) is 71.1 Å². The third-order valence-corrected chi connectivity index (χ3v) is 5.53. The molecule has 0 spiro atoms. The number of hydrogen-bond donors (Lipinski definition) is 2. The first-order valence-electron chi connectivity index (χ1n) is 9.25. The molecule has 0 radical (unpaired) electrons. The molecule has 0 saturated heterocycles. The van der Waals surface area contributed by atoms with Crippen LogP contribution in [0.1, 0.15) is 29.9 Å². The fourth-order valence-corrected chi connectivity index (χ4v) is 3.83. The first-order valence-corrected chi connectivity index (χ1v) is 10.1. The Morgan fingerprint density at radius 2 is 1.69 bits per heavy atom. The minimum Gasteiger partial charge on any atom is -0.340 e. The number of carbonyl (C=O) groups excluding carboxylic acids is 2. The first kappa shape index (κ1) is 20.7. The molecule has 0 saturated carbocycles. The van der Waals surface area contributed by atoms with Gasteiger partial charge in [-0.3, -0.25) is 9.59 Å². The third-order valence-electron chi connectivity index (χ3n) is 4.40. The third kappa shape index (κ3) is 5.06. The summed E-state index contributed by atoms with van der Waals surface area (Å²) in [6.07, 6.45) is 0. The van der Waals surface area contributed by atoms with E-state index in [0.717, 1.165) is 16.1 Å². The van der Waals surface area contributed by atoms with Gasteiger partial charge in [0.25, 0.3) is 5.91 Å². The molecule has 150 valence electrons. The molecular formula is C22H22FN3O2S. The molecule has 0 fully saturated rings.